The molecule has 1 rings (SSSR count). The third kappa shape index (κ3) is 4.40. The van der Waals surface area contributed by atoms with Crippen molar-refractivity contribution in [3.05, 3.63) is 29.8 Å². The van der Waals surface area contributed by atoms with Crippen molar-refractivity contribution in [2.75, 3.05) is 7.11 Å². The molecule has 0 aliphatic rings. The van der Waals surface area contributed by atoms with Crippen molar-refractivity contribution in [3.63, 3.8) is 0 Å². The molecular formula is C15H23NO2. The maximum atomic E-state index is 11.6. The van der Waals surface area contributed by atoms with Crippen molar-refractivity contribution < 1.29 is 9.53 Å². The van der Waals surface area contributed by atoms with E-state index in [1.807, 2.05) is 31.2 Å². The van der Waals surface area contributed by atoms with Gasteiger partial charge in [-0.2, -0.15) is 0 Å². The highest BCUT2D eigenvalue weighted by Crippen LogP contribution is 2.23. The molecule has 0 aliphatic carbocycles. The highest BCUT2D eigenvalue weighted by molar-refractivity contribution is 5.76. The molecule has 0 radical (unpaired) electrons. The van der Waals surface area contributed by atoms with Gasteiger partial charge in [0.1, 0.15) is 5.75 Å². The Labute approximate surface area is 110 Å². The van der Waals surface area contributed by atoms with E-state index in [4.69, 9.17) is 4.74 Å². The second kappa shape index (κ2) is 7.04. The molecule has 18 heavy (non-hydrogen) atoms. The standard InChI is InChI=1S/C15H23NO2/c1-5-15(17)16-14(10-11(2)3)12-6-8-13(18-4)9-7-12/h6-9,11,14H,5,10H2,1-4H3,(H,16,17)/t14-/m0/s1. The summed E-state index contributed by atoms with van der Waals surface area (Å²) >= 11 is 0. The van der Waals surface area contributed by atoms with Gasteiger partial charge in [0, 0.05) is 6.42 Å². The van der Waals surface area contributed by atoms with Gasteiger partial charge in [0.2, 0.25) is 5.91 Å². The highest BCUT2D eigenvalue weighted by Gasteiger charge is 2.15. The fraction of sp³-hybridized carbons (Fsp3) is 0.533. The number of hydrogen-bond donors (Lipinski definition) is 1. The molecule has 0 unspecified atom stereocenters. The number of amides is 1. The van der Waals surface area contributed by atoms with Gasteiger partial charge < -0.3 is 10.1 Å². The summed E-state index contributed by atoms with van der Waals surface area (Å²) in [6, 6.07) is 7.98. The van der Waals surface area contributed by atoms with Crippen LogP contribution in [0.2, 0.25) is 0 Å². The van der Waals surface area contributed by atoms with E-state index in [9.17, 15) is 4.79 Å². The molecule has 0 saturated heterocycles. The lowest BCUT2D eigenvalue weighted by molar-refractivity contribution is -0.121. The molecule has 0 bridgehead atoms. The van der Waals surface area contributed by atoms with Gasteiger partial charge in [0.15, 0.2) is 0 Å². The number of methoxy groups -OCH3 is 1. The van der Waals surface area contributed by atoms with Crippen LogP contribution >= 0.6 is 0 Å². The van der Waals surface area contributed by atoms with E-state index in [0.29, 0.717) is 12.3 Å². The summed E-state index contributed by atoms with van der Waals surface area (Å²) in [6.45, 7) is 6.19. The van der Waals surface area contributed by atoms with Gasteiger partial charge in [-0.1, -0.05) is 32.9 Å². The van der Waals surface area contributed by atoms with Gasteiger partial charge in [-0.3, -0.25) is 4.79 Å². The van der Waals surface area contributed by atoms with E-state index >= 15 is 0 Å². The van der Waals surface area contributed by atoms with Gasteiger partial charge in [0.25, 0.3) is 0 Å². The van der Waals surface area contributed by atoms with Gasteiger partial charge in [-0.15, -0.1) is 0 Å². The van der Waals surface area contributed by atoms with Crippen LogP contribution < -0.4 is 10.1 Å². The Morgan fingerprint density at radius 2 is 1.89 bits per heavy atom. The Kier molecular flexibility index (Phi) is 5.69. The van der Waals surface area contributed by atoms with Crippen molar-refractivity contribution in [1.82, 2.24) is 5.32 Å². The maximum Gasteiger partial charge on any atom is 0.220 e. The SMILES string of the molecule is CCC(=O)N[C@@H](CC(C)C)c1ccc(OC)cc1. The molecule has 100 valence electrons. The highest BCUT2D eigenvalue weighted by atomic mass is 16.5. The fourth-order valence-corrected chi connectivity index (χ4v) is 1.88. The normalized spacial score (nSPS) is 12.3. The third-order valence-electron chi connectivity index (χ3n) is 2.88. The minimum absolute atomic E-state index is 0.0864. The first-order valence-electron chi connectivity index (χ1n) is 6.50. The summed E-state index contributed by atoms with van der Waals surface area (Å²) in [6.07, 6.45) is 1.46. The molecule has 3 heteroatoms. The van der Waals surface area contributed by atoms with Crippen LogP contribution in [0.3, 0.4) is 0 Å². The largest absolute Gasteiger partial charge is 0.497 e. The molecule has 0 spiro atoms. The number of nitrogens with one attached hydrogen (secondary N) is 1. The van der Waals surface area contributed by atoms with Crippen molar-refractivity contribution in [3.8, 4) is 5.75 Å². The first kappa shape index (κ1) is 14.6. The topological polar surface area (TPSA) is 38.3 Å². The minimum atomic E-state index is 0.0864. The molecule has 3 nitrogen and oxygen atoms in total. The zero-order valence-electron chi connectivity index (χ0n) is 11.7. The average molecular weight is 249 g/mol. The number of hydrogen-bond acceptors (Lipinski definition) is 2. The van der Waals surface area contributed by atoms with Gasteiger partial charge >= 0.3 is 0 Å². The number of benzene rings is 1. The average Bonchev–Trinajstić information content (AvgIpc) is 2.37. The van der Waals surface area contributed by atoms with Crippen molar-refractivity contribution in [2.24, 2.45) is 5.92 Å². The lowest BCUT2D eigenvalue weighted by Gasteiger charge is -2.21. The summed E-state index contributed by atoms with van der Waals surface area (Å²) < 4.78 is 5.14. The second-order valence-electron chi connectivity index (χ2n) is 4.88. The Hall–Kier alpha value is -1.51. The van der Waals surface area contributed by atoms with Gasteiger partial charge in [-0.25, -0.2) is 0 Å². The van der Waals surface area contributed by atoms with Crippen molar-refractivity contribution >= 4 is 5.91 Å². The Morgan fingerprint density at radius 1 is 1.28 bits per heavy atom. The van der Waals surface area contributed by atoms with E-state index in [2.05, 4.69) is 19.2 Å². The summed E-state index contributed by atoms with van der Waals surface area (Å²) in [5, 5.41) is 3.07. The third-order valence-corrected chi connectivity index (χ3v) is 2.88. The number of rotatable bonds is 6. The van der Waals surface area contributed by atoms with Gasteiger partial charge in [-0.05, 0) is 30.0 Å². The molecule has 0 heterocycles. The van der Waals surface area contributed by atoms with Crippen LogP contribution in [0.4, 0.5) is 0 Å². The second-order valence-corrected chi connectivity index (χ2v) is 4.88. The van der Waals surface area contributed by atoms with E-state index < -0.39 is 0 Å². The smallest absolute Gasteiger partial charge is 0.220 e. The number of carbonyl (C=O) groups excluding carboxylic acids is 1. The molecule has 1 atom stereocenters. The van der Waals surface area contributed by atoms with Crippen LogP contribution in [0.25, 0.3) is 0 Å². The summed E-state index contributed by atoms with van der Waals surface area (Å²) in [5.74, 6) is 1.47. The van der Waals surface area contributed by atoms with Crippen LogP contribution in [0, 0.1) is 5.92 Å². The zero-order valence-corrected chi connectivity index (χ0v) is 11.7. The van der Waals surface area contributed by atoms with Crippen LogP contribution in [0.5, 0.6) is 5.75 Å². The number of ether oxygens (including phenoxy) is 1. The molecule has 1 aromatic rings. The summed E-state index contributed by atoms with van der Waals surface area (Å²) in [7, 11) is 1.65. The number of carbonyl (C=O) groups is 1. The Balaban J connectivity index is 2.82. The van der Waals surface area contributed by atoms with Crippen LogP contribution in [0.15, 0.2) is 24.3 Å². The molecular weight excluding hydrogens is 226 g/mol. The fourth-order valence-electron chi connectivity index (χ4n) is 1.88. The Bertz CT molecular complexity index is 371. The van der Waals surface area contributed by atoms with Crippen LogP contribution in [-0.2, 0) is 4.79 Å². The van der Waals surface area contributed by atoms with Crippen LogP contribution in [0.1, 0.15) is 45.2 Å². The first-order valence-corrected chi connectivity index (χ1v) is 6.50. The molecule has 0 aromatic heterocycles. The first-order chi connectivity index (χ1) is 8.56. The molecule has 0 fully saturated rings. The molecule has 1 N–H and O–H groups in total. The zero-order chi connectivity index (χ0) is 13.5. The molecule has 1 amide bonds. The maximum absolute atomic E-state index is 11.6. The van der Waals surface area contributed by atoms with E-state index in [1.165, 1.54) is 0 Å². The molecule has 1 aromatic carbocycles. The Morgan fingerprint density at radius 3 is 2.33 bits per heavy atom. The lowest BCUT2D eigenvalue weighted by Crippen LogP contribution is -2.28. The summed E-state index contributed by atoms with van der Waals surface area (Å²) in [4.78, 5) is 11.6. The van der Waals surface area contributed by atoms with Crippen molar-refractivity contribution in [2.45, 2.75) is 39.7 Å². The predicted octanol–water partition coefficient (Wildman–Crippen LogP) is 3.31. The van der Waals surface area contributed by atoms with Crippen molar-refractivity contribution in [1.29, 1.82) is 0 Å². The van der Waals surface area contributed by atoms with Crippen LogP contribution in [-0.4, -0.2) is 13.0 Å². The monoisotopic (exact) mass is 249 g/mol. The molecule has 0 saturated carbocycles. The lowest BCUT2D eigenvalue weighted by atomic mass is 9.97. The van der Waals surface area contributed by atoms with E-state index in [1.54, 1.807) is 7.11 Å². The predicted molar refractivity (Wildman–Crippen MR) is 73.6 cm³/mol. The summed E-state index contributed by atoms with van der Waals surface area (Å²) in [5.41, 5.74) is 1.13. The quantitative estimate of drug-likeness (QED) is 0.840. The molecule has 0 aliphatic heterocycles. The minimum Gasteiger partial charge on any atom is -0.497 e. The van der Waals surface area contributed by atoms with E-state index in [-0.39, 0.29) is 11.9 Å². The van der Waals surface area contributed by atoms with E-state index in [0.717, 1.165) is 17.7 Å². The van der Waals surface area contributed by atoms with Gasteiger partial charge in [0.05, 0.1) is 13.2 Å².